The predicted molar refractivity (Wildman–Crippen MR) is 279 cm³/mol. The highest BCUT2D eigenvalue weighted by Gasteiger charge is 2.36. The highest BCUT2D eigenvalue weighted by molar-refractivity contribution is 7.92. The molecule has 76 heavy (non-hydrogen) atoms. The number of aryl methyl sites for hydroxylation is 2. The summed E-state index contributed by atoms with van der Waals surface area (Å²) in [5, 5.41) is 14.2. The molecule has 8 rings (SSSR count). The van der Waals surface area contributed by atoms with Crippen LogP contribution in [0.25, 0.3) is 34.2 Å². The lowest BCUT2D eigenvalue weighted by Gasteiger charge is -2.18. The molecule has 4 aromatic heterocycles. The van der Waals surface area contributed by atoms with Crippen LogP contribution >= 0.6 is 0 Å². The van der Waals surface area contributed by atoms with Gasteiger partial charge in [-0.15, -0.1) is 20.4 Å². The third-order valence-corrected chi connectivity index (χ3v) is 15.7. The number of hydrogen-bond donors (Lipinski definition) is 0. The van der Waals surface area contributed by atoms with Crippen LogP contribution in [0.5, 0.6) is 34.5 Å². The van der Waals surface area contributed by atoms with Crippen LogP contribution in [-0.2, 0) is 31.2 Å². The number of hydrogen-bond acceptors (Lipinski definition) is 20. The van der Waals surface area contributed by atoms with Crippen LogP contribution < -0.4 is 28.4 Å². The molecule has 0 aliphatic rings. The number of para-hydroxylation sites is 2. The number of ether oxygens (including phenoxy) is 6. The number of ketones is 2. The number of methoxy groups -OCH3 is 6. The smallest absolute Gasteiger partial charge is 0.217 e. The van der Waals surface area contributed by atoms with E-state index in [1.807, 2.05) is 0 Å². The summed E-state index contributed by atoms with van der Waals surface area (Å²) >= 11 is 0. The number of aromatic nitrogens is 10. The summed E-state index contributed by atoms with van der Waals surface area (Å²) in [6.45, 7) is 6.17. The molecule has 0 aliphatic carbocycles. The van der Waals surface area contributed by atoms with Gasteiger partial charge in [0.1, 0.15) is 67.9 Å². The van der Waals surface area contributed by atoms with Crippen LogP contribution in [0.4, 0.5) is 0 Å². The van der Waals surface area contributed by atoms with E-state index in [-0.39, 0.29) is 23.3 Å². The first-order chi connectivity index (χ1) is 36.4. The average molecular weight is 1080 g/mol. The van der Waals surface area contributed by atoms with E-state index in [0.717, 1.165) is 11.1 Å². The monoisotopic (exact) mass is 1070 g/mol. The molecule has 4 heterocycles. The fraction of sp³-hybridized carbons (Fsp3) is 0.269. The lowest BCUT2D eigenvalue weighted by Crippen LogP contribution is -2.30. The minimum Gasteiger partial charge on any atom is -0.497 e. The van der Waals surface area contributed by atoms with Crippen molar-refractivity contribution in [3.63, 3.8) is 0 Å². The minimum atomic E-state index is -4.08. The van der Waals surface area contributed by atoms with Crippen molar-refractivity contribution in [2.24, 2.45) is 0 Å². The van der Waals surface area contributed by atoms with E-state index < -0.39 is 53.2 Å². The maximum absolute atomic E-state index is 13.5. The lowest BCUT2D eigenvalue weighted by atomic mass is 10.2. The number of benzene rings is 4. The molecule has 0 bridgehead atoms. The van der Waals surface area contributed by atoms with Gasteiger partial charge < -0.3 is 28.4 Å². The number of carbonyl (C=O) groups excluding carboxylic acids is 2. The van der Waals surface area contributed by atoms with Crippen molar-refractivity contribution in [3.05, 3.63) is 144 Å². The largest absolute Gasteiger partial charge is 0.497 e. The van der Waals surface area contributed by atoms with Gasteiger partial charge in [0.2, 0.25) is 11.6 Å². The van der Waals surface area contributed by atoms with Crippen LogP contribution in [0, 0.1) is 13.8 Å². The van der Waals surface area contributed by atoms with Crippen molar-refractivity contribution < 1.29 is 54.8 Å². The van der Waals surface area contributed by atoms with Gasteiger partial charge in [-0.25, -0.2) is 36.8 Å². The molecule has 2 atom stereocenters. The minimum absolute atomic E-state index is 0.0649. The topological polar surface area (TPSA) is 271 Å². The van der Waals surface area contributed by atoms with Gasteiger partial charge >= 0.3 is 0 Å². The van der Waals surface area contributed by atoms with Crippen molar-refractivity contribution in [2.45, 2.75) is 49.7 Å². The Kier molecular flexibility index (Phi) is 17.2. The Morgan fingerprint density at radius 3 is 1.09 bits per heavy atom. The highest BCUT2D eigenvalue weighted by Crippen LogP contribution is 2.39. The number of rotatable bonds is 20. The SMILES string of the molecule is COc1cccc(-c2nnc(CS(=O)(=O)[C@@H](C)C(=O)c3ncc(C)cn3)n2-c2c(OC)cccc2OC)c1.COc1cccc(-c2nnc(CS(=O)(=O)[C@H](C)C(=O)c3ncc(C)cn3)n2-c2c(OC)cccc2OC)c1. The summed E-state index contributed by atoms with van der Waals surface area (Å²) in [6.07, 6.45) is 5.85. The molecule has 0 spiro atoms. The first-order valence-corrected chi connectivity index (χ1v) is 26.5. The first kappa shape index (κ1) is 55.1. The van der Waals surface area contributed by atoms with Gasteiger partial charge in [-0.05, 0) is 87.4 Å². The van der Waals surface area contributed by atoms with Crippen molar-refractivity contribution >= 4 is 31.2 Å². The molecular formula is C52H54N10O12S2. The van der Waals surface area contributed by atoms with Crippen molar-refractivity contribution in [1.29, 1.82) is 0 Å². The Labute approximate surface area is 438 Å². The van der Waals surface area contributed by atoms with E-state index in [1.165, 1.54) is 67.1 Å². The Morgan fingerprint density at radius 1 is 0.474 bits per heavy atom. The van der Waals surface area contributed by atoms with Gasteiger partial charge in [-0.2, -0.15) is 0 Å². The summed E-state index contributed by atoms with van der Waals surface area (Å²) in [5.41, 5.74) is 3.55. The predicted octanol–water partition coefficient (Wildman–Crippen LogP) is 6.49. The Morgan fingerprint density at radius 2 is 0.789 bits per heavy atom. The van der Waals surface area contributed by atoms with Crippen LogP contribution in [0.1, 0.15) is 57.9 Å². The maximum Gasteiger partial charge on any atom is 0.217 e. The van der Waals surface area contributed by atoms with Crippen molar-refractivity contribution in [1.82, 2.24) is 49.5 Å². The third kappa shape index (κ3) is 11.8. The lowest BCUT2D eigenvalue weighted by molar-refractivity contribution is 0.0973. The van der Waals surface area contributed by atoms with Crippen LogP contribution in [0.15, 0.2) is 110 Å². The molecule has 4 aromatic carbocycles. The van der Waals surface area contributed by atoms with Gasteiger partial charge in [0.25, 0.3) is 0 Å². The van der Waals surface area contributed by atoms with E-state index >= 15 is 0 Å². The summed E-state index contributed by atoms with van der Waals surface area (Å²) in [7, 11) is 0.894. The third-order valence-electron chi connectivity index (χ3n) is 11.8. The maximum atomic E-state index is 13.5. The van der Waals surface area contributed by atoms with E-state index in [4.69, 9.17) is 28.4 Å². The number of carbonyl (C=O) groups is 2. The average Bonchev–Trinajstić information content (AvgIpc) is 4.07. The Hall–Kier alpha value is -8.64. The van der Waals surface area contributed by atoms with E-state index in [2.05, 4.69) is 40.3 Å². The highest BCUT2D eigenvalue weighted by atomic mass is 32.2. The quantitative estimate of drug-likeness (QED) is 0.0738. The summed E-state index contributed by atoms with van der Waals surface area (Å²) < 4.78 is 90.1. The van der Waals surface area contributed by atoms with Crippen molar-refractivity contribution in [3.8, 4) is 68.6 Å². The second-order valence-electron chi connectivity index (χ2n) is 16.8. The molecule has 0 saturated heterocycles. The van der Waals surface area contributed by atoms with Gasteiger partial charge in [0.05, 0.1) is 42.7 Å². The zero-order valence-corrected chi connectivity index (χ0v) is 44.8. The molecule has 0 unspecified atom stereocenters. The Bertz CT molecular complexity index is 3330. The van der Waals surface area contributed by atoms with E-state index in [1.54, 1.807) is 122 Å². The summed E-state index contributed by atoms with van der Waals surface area (Å²) in [4.78, 5) is 41.8. The number of Topliss-reactive ketones (excluding diaryl/α,β-unsaturated/α-hetero) is 2. The molecule has 0 fully saturated rings. The molecule has 0 aliphatic heterocycles. The van der Waals surface area contributed by atoms with Crippen molar-refractivity contribution in [2.75, 3.05) is 42.7 Å². The van der Waals surface area contributed by atoms with E-state index in [9.17, 15) is 26.4 Å². The standard InChI is InChI=1S/2C26H27N5O6S/c2*1-16-13-27-25(28-14-16)24(32)17(2)38(33,34)15-22-29-30-26(18-8-6-9-19(12-18)35-3)31(22)23-20(36-4)10-7-11-21(23)37-5/h2*6-14,17H,15H2,1-5H3/t2*17-/m10/s1. The second-order valence-corrected chi connectivity index (χ2v) is 21.5. The van der Waals surface area contributed by atoms with E-state index in [0.29, 0.717) is 68.6 Å². The summed E-state index contributed by atoms with van der Waals surface area (Å²) in [5.74, 6) is 0.632. The second kappa shape index (κ2) is 23.7. The zero-order valence-electron chi connectivity index (χ0n) is 43.1. The molecule has 396 valence electrons. The molecule has 0 amide bonds. The molecule has 0 N–H and O–H groups in total. The van der Waals surface area contributed by atoms with Gasteiger partial charge in [-0.3, -0.25) is 18.7 Å². The first-order valence-electron chi connectivity index (χ1n) is 23.1. The number of sulfone groups is 2. The normalized spacial score (nSPS) is 12.1. The van der Waals surface area contributed by atoms with Gasteiger partial charge in [0.15, 0.2) is 54.6 Å². The molecule has 24 heteroatoms. The van der Waals surface area contributed by atoms with Crippen LogP contribution in [0.2, 0.25) is 0 Å². The number of nitrogens with zero attached hydrogens (tertiary/aromatic N) is 10. The van der Waals surface area contributed by atoms with Gasteiger partial charge in [0, 0.05) is 35.9 Å². The molecule has 0 saturated carbocycles. The Balaban J connectivity index is 0.000000221. The molecule has 0 radical (unpaired) electrons. The molecular weight excluding hydrogens is 1020 g/mol. The molecule has 22 nitrogen and oxygen atoms in total. The molecule has 8 aromatic rings. The fourth-order valence-corrected chi connectivity index (χ4v) is 10.1. The van der Waals surface area contributed by atoms with Crippen LogP contribution in [0.3, 0.4) is 0 Å². The van der Waals surface area contributed by atoms with Crippen LogP contribution in [-0.4, -0.2) is 131 Å². The zero-order chi connectivity index (χ0) is 54.9. The van der Waals surface area contributed by atoms with Gasteiger partial charge in [-0.1, -0.05) is 36.4 Å². The fourth-order valence-electron chi connectivity index (χ4n) is 7.63. The summed E-state index contributed by atoms with van der Waals surface area (Å²) in [6, 6.07) is 24.6.